The van der Waals surface area contributed by atoms with E-state index in [1.54, 1.807) is 30.9 Å². The molecule has 2 heterocycles. The van der Waals surface area contributed by atoms with E-state index in [4.69, 9.17) is 12.2 Å². The molecular formula is C21H20N4O2S. The molecule has 4 rings (SSSR count). The number of aromatic hydroxyl groups is 1. The Morgan fingerprint density at radius 1 is 1.11 bits per heavy atom. The molecular weight excluding hydrogens is 372 g/mol. The molecule has 0 bridgehead atoms. The van der Waals surface area contributed by atoms with Crippen molar-refractivity contribution in [2.75, 3.05) is 14.1 Å². The number of rotatable bonds is 2. The summed E-state index contributed by atoms with van der Waals surface area (Å²) in [5.74, 6) is 0.180. The summed E-state index contributed by atoms with van der Waals surface area (Å²) in [5.41, 5.74) is 4.81. The second-order valence-electron chi connectivity index (χ2n) is 6.95. The highest BCUT2D eigenvalue weighted by atomic mass is 32.1. The van der Waals surface area contributed by atoms with Crippen LogP contribution in [0, 0.1) is 11.6 Å². The van der Waals surface area contributed by atoms with Crippen LogP contribution in [0.2, 0.25) is 0 Å². The number of carbonyl (C=O) groups is 1. The molecule has 28 heavy (non-hydrogen) atoms. The first kappa shape index (κ1) is 18.1. The smallest absolute Gasteiger partial charge is 0.328 e. The lowest BCUT2D eigenvalue weighted by Crippen LogP contribution is -2.26. The summed E-state index contributed by atoms with van der Waals surface area (Å²) >= 11 is 5.54. The number of nitrogens with zero attached hydrogens (tertiary/aromatic N) is 2. The second-order valence-corrected chi connectivity index (χ2v) is 7.36. The average Bonchev–Trinajstić information content (AvgIpc) is 3.24. The molecule has 1 amide bonds. The van der Waals surface area contributed by atoms with Gasteiger partial charge in [0.1, 0.15) is 10.4 Å². The highest BCUT2D eigenvalue weighted by molar-refractivity contribution is 7.71. The average molecular weight is 392 g/mol. The zero-order valence-electron chi connectivity index (χ0n) is 15.8. The standard InChI is InChI=1S/C21H20N4O2S/c1-12-7-8-15(17(26)11-12)19-18(20(28)23-22-19)14-5-4-6-16-13(14)9-10-25(16)21(27)24(2)3/h4-11,26H,1-3H3,(H2,22,23,28). The van der Waals surface area contributed by atoms with Crippen molar-refractivity contribution in [3.8, 4) is 28.1 Å². The minimum Gasteiger partial charge on any atom is -0.507 e. The van der Waals surface area contributed by atoms with Gasteiger partial charge in [0.25, 0.3) is 0 Å². The summed E-state index contributed by atoms with van der Waals surface area (Å²) < 4.78 is 2.15. The van der Waals surface area contributed by atoms with Crippen LogP contribution in [0.15, 0.2) is 48.7 Å². The van der Waals surface area contributed by atoms with Crippen molar-refractivity contribution in [2.24, 2.45) is 0 Å². The fraction of sp³-hybridized carbons (Fsp3) is 0.143. The van der Waals surface area contributed by atoms with Gasteiger partial charge >= 0.3 is 6.03 Å². The number of aromatic nitrogens is 3. The number of aromatic amines is 2. The maximum atomic E-state index is 12.5. The van der Waals surface area contributed by atoms with Gasteiger partial charge in [-0.2, -0.15) is 0 Å². The van der Waals surface area contributed by atoms with Crippen LogP contribution < -0.4 is 0 Å². The van der Waals surface area contributed by atoms with Crippen LogP contribution in [-0.4, -0.2) is 44.9 Å². The number of aryl methyl sites for hydroxylation is 1. The van der Waals surface area contributed by atoms with Crippen molar-refractivity contribution in [3.63, 3.8) is 0 Å². The molecule has 0 saturated carbocycles. The maximum absolute atomic E-state index is 12.5. The molecule has 4 aromatic rings. The van der Waals surface area contributed by atoms with Crippen molar-refractivity contribution in [3.05, 3.63) is 58.9 Å². The molecule has 6 nitrogen and oxygen atoms in total. The molecule has 2 aromatic heterocycles. The number of fused-ring (bicyclic) bond motifs is 1. The Morgan fingerprint density at radius 3 is 2.61 bits per heavy atom. The third-order valence-electron chi connectivity index (χ3n) is 4.79. The minimum absolute atomic E-state index is 0.122. The van der Waals surface area contributed by atoms with E-state index in [9.17, 15) is 9.90 Å². The topological polar surface area (TPSA) is 77.0 Å². The predicted molar refractivity (Wildman–Crippen MR) is 113 cm³/mol. The van der Waals surface area contributed by atoms with Gasteiger partial charge in [0.15, 0.2) is 0 Å². The lowest BCUT2D eigenvalue weighted by molar-refractivity contribution is 0.220. The normalized spacial score (nSPS) is 11.1. The Balaban J connectivity index is 1.97. The van der Waals surface area contributed by atoms with E-state index in [0.717, 1.165) is 27.6 Å². The number of hydrogen-bond donors (Lipinski definition) is 3. The molecule has 0 radical (unpaired) electrons. The van der Waals surface area contributed by atoms with Gasteiger partial charge in [-0.15, -0.1) is 0 Å². The Hall–Kier alpha value is -3.32. The third-order valence-corrected chi connectivity index (χ3v) is 5.10. The third kappa shape index (κ3) is 2.80. The molecule has 0 atom stereocenters. The van der Waals surface area contributed by atoms with Gasteiger partial charge in [-0.3, -0.25) is 14.8 Å². The Bertz CT molecular complexity index is 1260. The lowest BCUT2D eigenvalue weighted by atomic mass is 9.98. The number of H-pyrrole nitrogens is 2. The number of phenols is 1. The molecule has 0 aliphatic heterocycles. The first-order chi connectivity index (χ1) is 13.4. The van der Waals surface area contributed by atoms with Crippen LogP contribution in [0.3, 0.4) is 0 Å². The number of carbonyl (C=O) groups excluding carboxylic acids is 1. The Morgan fingerprint density at radius 2 is 1.89 bits per heavy atom. The summed E-state index contributed by atoms with van der Waals surface area (Å²) in [6.07, 6.45) is 1.76. The summed E-state index contributed by atoms with van der Waals surface area (Å²) in [6, 6.07) is 13.1. The maximum Gasteiger partial charge on any atom is 0.328 e. The van der Waals surface area contributed by atoms with E-state index in [2.05, 4.69) is 10.2 Å². The van der Waals surface area contributed by atoms with E-state index in [1.807, 2.05) is 43.3 Å². The molecule has 0 spiro atoms. The molecule has 0 unspecified atom stereocenters. The van der Waals surface area contributed by atoms with Crippen molar-refractivity contribution < 1.29 is 9.90 Å². The van der Waals surface area contributed by atoms with Crippen LogP contribution in [0.5, 0.6) is 5.75 Å². The van der Waals surface area contributed by atoms with E-state index in [-0.39, 0.29) is 11.8 Å². The molecule has 0 saturated heterocycles. The molecule has 3 N–H and O–H groups in total. The number of hydrogen-bond acceptors (Lipinski definition) is 3. The summed E-state index contributed by atoms with van der Waals surface area (Å²) in [4.78, 5) is 14.0. The van der Waals surface area contributed by atoms with Gasteiger partial charge in [-0.1, -0.05) is 30.4 Å². The largest absolute Gasteiger partial charge is 0.507 e. The minimum atomic E-state index is -0.122. The highest BCUT2D eigenvalue weighted by Gasteiger charge is 2.19. The van der Waals surface area contributed by atoms with Gasteiger partial charge in [0.05, 0.1) is 11.2 Å². The second kappa shape index (κ2) is 6.69. The Labute approximate surface area is 167 Å². The van der Waals surface area contributed by atoms with E-state index >= 15 is 0 Å². The van der Waals surface area contributed by atoms with Gasteiger partial charge in [0, 0.05) is 36.8 Å². The van der Waals surface area contributed by atoms with Crippen molar-refractivity contribution in [1.82, 2.24) is 19.7 Å². The van der Waals surface area contributed by atoms with Crippen LogP contribution in [-0.2, 0) is 0 Å². The number of benzene rings is 2. The van der Waals surface area contributed by atoms with Crippen LogP contribution >= 0.6 is 12.2 Å². The quantitative estimate of drug-likeness (QED) is 0.425. The van der Waals surface area contributed by atoms with Gasteiger partial charge in [-0.25, -0.2) is 4.79 Å². The van der Waals surface area contributed by atoms with Gasteiger partial charge < -0.3 is 10.0 Å². The molecule has 7 heteroatoms. The fourth-order valence-corrected chi connectivity index (χ4v) is 3.70. The van der Waals surface area contributed by atoms with Crippen LogP contribution in [0.25, 0.3) is 33.3 Å². The SMILES string of the molecule is Cc1ccc(-c2[nH][nH]c(=S)c2-c2cccc3c2ccn3C(=O)N(C)C)c(O)c1. The number of nitrogens with one attached hydrogen (secondary N) is 2. The number of phenolic OH excluding ortho intramolecular Hbond substituents is 1. The molecule has 0 fully saturated rings. The summed E-state index contributed by atoms with van der Waals surface area (Å²) in [6.45, 7) is 1.93. The van der Waals surface area contributed by atoms with Crippen molar-refractivity contribution in [2.45, 2.75) is 6.92 Å². The van der Waals surface area contributed by atoms with Gasteiger partial charge in [-0.05, 0) is 42.3 Å². The summed E-state index contributed by atoms with van der Waals surface area (Å²) in [5, 5.41) is 17.4. The molecule has 0 aliphatic carbocycles. The first-order valence-electron chi connectivity index (χ1n) is 8.81. The summed E-state index contributed by atoms with van der Waals surface area (Å²) in [7, 11) is 3.44. The highest BCUT2D eigenvalue weighted by Crippen LogP contribution is 2.39. The monoisotopic (exact) mass is 392 g/mol. The molecule has 2 aromatic carbocycles. The lowest BCUT2D eigenvalue weighted by Gasteiger charge is -2.12. The van der Waals surface area contributed by atoms with Crippen molar-refractivity contribution >= 4 is 29.2 Å². The van der Waals surface area contributed by atoms with Gasteiger partial charge in [0.2, 0.25) is 0 Å². The predicted octanol–water partition coefficient (Wildman–Crippen LogP) is 4.90. The zero-order chi connectivity index (χ0) is 20.0. The molecule has 142 valence electrons. The molecule has 0 aliphatic rings. The fourth-order valence-electron chi connectivity index (χ4n) is 3.44. The number of amides is 1. The van der Waals surface area contributed by atoms with E-state index < -0.39 is 0 Å². The Kier molecular flexibility index (Phi) is 4.31. The van der Waals surface area contributed by atoms with E-state index in [1.165, 1.54) is 4.90 Å². The van der Waals surface area contributed by atoms with Crippen LogP contribution in [0.1, 0.15) is 5.56 Å². The van der Waals surface area contributed by atoms with Crippen molar-refractivity contribution in [1.29, 1.82) is 0 Å². The first-order valence-corrected chi connectivity index (χ1v) is 9.22. The van der Waals surface area contributed by atoms with E-state index in [0.29, 0.717) is 15.9 Å². The zero-order valence-corrected chi connectivity index (χ0v) is 16.6. The van der Waals surface area contributed by atoms with Crippen LogP contribution in [0.4, 0.5) is 4.79 Å².